The molecule has 114 valence electrons. The number of rotatable bonds is 7. The van der Waals surface area contributed by atoms with Crippen LogP contribution in [0.15, 0.2) is 18.2 Å². The summed E-state index contributed by atoms with van der Waals surface area (Å²) in [5, 5.41) is 11.6. The number of aryl methyl sites for hydroxylation is 1. The number of hydrogen-bond donors (Lipinski definition) is 2. The average molecular weight is 295 g/mol. The summed E-state index contributed by atoms with van der Waals surface area (Å²) < 4.78 is 18.3. The standard InChI is InChI=1S/C15H18FNO4/c1-21-12-6-2-9(8-11(12)16)3-7-13(18)17-14(15(19)20)10-4-5-10/h2,6,8,10,14H,3-5,7H2,1H3,(H,17,18)(H,19,20). The maximum absolute atomic E-state index is 13.5. The van der Waals surface area contributed by atoms with Gasteiger partial charge in [0.15, 0.2) is 11.6 Å². The van der Waals surface area contributed by atoms with E-state index in [1.54, 1.807) is 6.07 Å². The van der Waals surface area contributed by atoms with Gasteiger partial charge in [-0.1, -0.05) is 6.07 Å². The lowest BCUT2D eigenvalue weighted by Crippen LogP contribution is -2.42. The Morgan fingerprint density at radius 1 is 1.48 bits per heavy atom. The smallest absolute Gasteiger partial charge is 0.326 e. The minimum absolute atomic E-state index is 0.0462. The van der Waals surface area contributed by atoms with E-state index in [2.05, 4.69) is 5.32 Å². The van der Waals surface area contributed by atoms with Gasteiger partial charge in [0.05, 0.1) is 7.11 Å². The van der Waals surface area contributed by atoms with Crippen molar-refractivity contribution in [2.24, 2.45) is 5.92 Å². The van der Waals surface area contributed by atoms with Crippen LogP contribution < -0.4 is 10.1 Å². The molecule has 0 aliphatic heterocycles. The Labute approximate surface area is 122 Å². The lowest BCUT2D eigenvalue weighted by molar-refractivity contribution is -0.142. The van der Waals surface area contributed by atoms with Crippen LogP contribution in [0, 0.1) is 11.7 Å². The Kier molecular flexibility index (Phi) is 4.77. The van der Waals surface area contributed by atoms with Crippen molar-refractivity contribution in [3.05, 3.63) is 29.6 Å². The van der Waals surface area contributed by atoms with Gasteiger partial charge in [0.1, 0.15) is 6.04 Å². The first-order chi connectivity index (χ1) is 10.0. The van der Waals surface area contributed by atoms with Crippen LogP contribution in [0.4, 0.5) is 4.39 Å². The molecular formula is C15H18FNO4. The molecule has 0 saturated heterocycles. The van der Waals surface area contributed by atoms with Crippen molar-refractivity contribution < 1.29 is 23.8 Å². The number of hydrogen-bond acceptors (Lipinski definition) is 3. The maximum Gasteiger partial charge on any atom is 0.326 e. The minimum atomic E-state index is -0.999. The molecule has 0 bridgehead atoms. The molecule has 1 atom stereocenters. The normalized spacial score (nSPS) is 15.3. The van der Waals surface area contributed by atoms with Crippen LogP contribution in [0.2, 0.25) is 0 Å². The number of carboxylic acid groups (broad SMARTS) is 1. The van der Waals surface area contributed by atoms with Crippen molar-refractivity contribution in [1.82, 2.24) is 5.32 Å². The fourth-order valence-corrected chi connectivity index (χ4v) is 2.18. The number of methoxy groups -OCH3 is 1. The third-order valence-electron chi connectivity index (χ3n) is 3.53. The van der Waals surface area contributed by atoms with Crippen LogP contribution >= 0.6 is 0 Å². The highest BCUT2D eigenvalue weighted by Crippen LogP contribution is 2.32. The Bertz CT molecular complexity index is 542. The van der Waals surface area contributed by atoms with Crippen molar-refractivity contribution in [3.8, 4) is 5.75 Å². The topological polar surface area (TPSA) is 75.6 Å². The fourth-order valence-electron chi connectivity index (χ4n) is 2.18. The van der Waals surface area contributed by atoms with Crippen LogP contribution in [0.1, 0.15) is 24.8 Å². The molecule has 21 heavy (non-hydrogen) atoms. The fraction of sp³-hybridized carbons (Fsp3) is 0.467. The highest BCUT2D eigenvalue weighted by Gasteiger charge is 2.37. The first-order valence-electron chi connectivity index (χ1n) is 6.86. The SMILES string of the molecule is COc1ccc(CCC(=O)NC(C(=O)O)C2CC2)cc1F. The van der Waals surface area contributed by atoms with E-state index in [1.807, 2.05) is 0 Å². The number of aliphatic carboxylic acids is 1. The third-order valence-corrected chi connectivity index (χ3v) is 3.53. The number of halogens is 1. The van der Waals surface area contributed by atoms with E-state index in [-0.39, 0.29) is 24.0 Å². The van der Waals surface area contributed by atoms with Crippen LogP contribution in [0.25, 0.3) is 0 Å². The molecule has 1 saturated carbocycles. The van der Waals surface area contributed by atoms with Crippen molar-refractivity contribution in [3.63, 3.8) is 0 Å². The van der Waals surface area contributed by atoms with Crippen molar-refractivity contribution >= 4 is 11.9 Å². The van der Waals surface area contributed by atoms with E-state index in [0.29, 0.717) is 12.0 Å². The third kappa shape index (κ3) is 4.18. The van der Waals surface area contributed by atoms with Crippen LogP contribution in [0.5, 0.6) is 5.75 Å². The second-order valence-electron chi connectivity index (χ2n) is 5.19. The van der Waals surface area contributed by atoms with Gasteiger partial charge in [-0.2, -0.15) is 0 Å². The minimum Gasteiger partial charge on any atom is -0.494 e. The second-order valence-corrected chi connectivity index (χ2v) is 5.19. The Balaban J connectivity index is 1.86. The molecule has 0 aromatic heterocycles. The van der Waals surface area contributed by atoms with Gasteiger partial charge < -0.3 is 15.2 Å². The average Bonchev–Trinajstić information content (AvgIpc) is 3.26. The summed E-state index contributed by atoms with van der Waals surface area (Å²) >= 11 is 0. The van der Waals surface area contributed by atoms with E-state index in [9.17, 15) is 14.0 Å². The highest BCUT2D eigenvalue weighted by atomic mass is 19.1. The number of ether oxygens (including phenoxy) is 1. The molecule has 2 rings (SSSR count). The lowest BCUT2D eigenvalue weighted by atomic mass is 10.1. The molecule has 2 N–H and O–H groups in total. The predicted octanol–water partition coefficient (Wildman–Crippen LogP) is 1.75. The zero-order valence-corrected chi connectivity index (χ0v) is 11.8. The molecule has 1 aromatic rings. The van der Waals surface area contributed by atoms with Gasteiger partial charge in [0.25, 0.3) is 0 Å². The van der Waals surface area contributed by atoms with Crippen LogP contribution in [-0.4, -0.2) is 30.1 Å². The molecule has 1 aliphatic rings. The van der Waals surface area contributed by atoms with Gasteiger partial charge >= 0.3 is 5.97 Å². The van der Waals surface area contributed by atoms with Crippen LogP contribution in [-0.2, 0) is 16.0 Å². The van der Waals surface area contributed by atoms with Gasteiger partial charge in [-0.05, 0) is 42.9 Å². The summed E-state index contributed by atoms with van der Waals surface area (Å²) in [6, 6.07) is 3.71. The van der Waals surface area contributed by atoms with Crippen molar-refractivity contribution in [2.75, 3.05) is 7.11 Å². The molecule has 0 spiro atoms. The summed E-state index contributed by atoms with van der Waals surface area (Å²) in [6.07, 6.45) is 2.15. The summed E-state index contributed by atoms with van der Waals surface area (Å²) in [7, 11) is 1.38. The first kappa shape index (κ1) is 15.3. The molecule has 5 nitrogen and oxygen atoms in total. The van der Waals surface area contributed by atoms with Gasteiger partial charge in [-0.3, -0.25) is 4.79 Å². The lowest BCUT2D eigenvalue weighted by Gasteiger charge is -2.13. The first-order valence-corrected chi connectivity index (χ1v) is 6.86. The Morgan fingerprint density at radius 2 is 2.19 bits per heavy atom. The quantitative estimate of drug-likeness (QED) is 0.803. The van der Waals surface area contributed by atoms with Crippen molar-refractivity contribution in [2.45, 2.75) is 31.7 Å². The number of nitrogens with one attached hydrogen (secondary N) is 1. The number of carbonyl (C=O) groups excluding carboxylic acids is 1. The van der Waals surface area contributed by atoms with Gasteiger partial charge in [0.2, 0.25) is 5.91 Å². The molecule has 1 amide bonds. The second kappa shape index (κ2) is 6.56. The molecule has 0 radical (unpaired) electrons. The molecule has 1 unspecified atom stereocenters. The summed E-state index contributed by atoms with van der Waals surface area (Å²) in [5.41, 5.74) is 0.668. The molecule has 0 heterocycles. The van der Waals surface area contributed by atoms with E-state index < -0.39 is 17.8 Å². The predicted molar refractivity (Wildman–Crippen MR) is 73.6 cm³/mol. The van der Waals surface area contributed by atoms with E-state index in [1.165, 1.54) is 19.2 Å². The zero-order valence-electron chi connectivity index (χ0n) is 11.8. The monoisotopic (exact) mass is 295 g/mol. The zero-order chi connectivity index (χ0) is 15.4. The van der Waals surface area contributed by atoms with E-state index in [0.717, 1.165) is 12.8 Å². The number of benzene rings is 1. The summed E-state index contributed by atoms with van der Waals surface area (Å²) in [5.74, 6) is -1.60. The molecule has 1 aromatic carbocycles. The van der Waals surface area contributed by atoms with E-state index >= 15 is 0 Å². The number of amides is 1. The Morgan fingerprint density at radius 3 is 2.71 bits per heavy atom. The van der Waals surface area contributed by atoms with Crippen molar-refractivity contribution in [1.29, 1.82) is 0 Å². The number of carbonyl (C=O) groups is 2. The molecular weight excluding hydrogens is 277 g/mol. The van der Waals surface area contributed by atoms with Gasteiger partial charge in [0, 0.05) is 6.42 Å². The van der Waals surface area contributed by atoms with Gasteiger partial charge in [-0.25, -0.2) is 9.18 Å². The largest absolute Gasteiger partial charge is 0.494 e. The van der Waals surface area contributed by atoms with Crippen LogP contribution in [0.3, 0.4) is 0 Å². The van der Waals surface area contributed by atoms with E-state index in [4.69, 9.17) is 9.84 Å². The maximum atomic E-state index is 13.5. The number of carboxylic acids is 1. The Hall–Kier alpha value is -2.11. The molecule has 6 heteroatoms. The highest BCUT2D eigenvalue weighted by molar-refractivity contribution is 5.84. The summed E-state index contributed by atoms with van der Waals surface area (Å²) in [4.78, 5) is 22.8. The van der Waals surface area contributed by atoms with Gasteiger partial charge in [-0.15, -0.1) is 0 Å². The summed E-state index contributed by atoms with van der Waals surface area (Å²) in [6.45, 7) is 0. The molecule has 1 fully saturated rings. The molecule has 1 aliphatic carbocycles.